The van der Waals surface area contributed by atoms with Gasteiger partial charge in [-0.05, 0) is 20.8 Å². The van der Waals surface area contributed by atoms with Gasteiger partial charge in [0.2, 0.25) is 0 Å². The van der Waals surface area contributed by atoms with Gasteiger partial charge in [-0.2, -0.15) is 4.33 Å². The Balaban J connectivity index is 3.41. The van der Waals surface area contributed by atoms with E-state index in [2.05, 4.69) is 13.8 Å². The van der Waals surface area contributed by atoms with Gasteiger partial charge in [-0.15, -0.1) is 0 Å². The van der Waals surface area contributed by atoms with Gasteiger partial charge in [0.05, 0.1) is 12.7 Å². The summed E-state index contributed by atoms with van der Waals surface area (Å²) in [6.45, 7) is 5.14. The molecule has 16 heavy (non-hydrogen) atoms. The summed E-state index contributed by atoms with van der Waals surface area (Å²) in [6, 6.07) is 0. The molecule has 0 aromatic heterocycles. The Morgan fingerprint density at radius 2 is 1.88 bits per heavy atom. The van der Waals surface area contributed by atoms with Crippen LogP contribution in [0, 0.1) is 0 Å². The normalized spacial score (nSPS) is 10.2. The number of carbonyl (C=O) groups is 2. The summed E-state index contributed by atoms with van der Waals surface area (Å²) in [4.78, 5) is 26.5. The molecule has 7 heteroatoms. The smallest absolute Gasteiger partial charge is 0.344 e. The van der Waals surface area contributed by atoms with Gasteiger partial charge in [0.1, 0.15) is 5.75 Å². The first-order valence-electron chi connectivity index (χ1n) is 4.82. The van der Waals surface area contributed by atoms with Crippen molar-refractivity contribution >= 4 is 24.0 Å². The first-order valence-corrected chi connectivity index (χ1v) is 5.73. The van der Waals surface area contributed by atoms with Crippen molar-refractivity contribution in [3.8, 4) is 0 Å². The van der Waals surface area contributed by atoms with Crippen molar-refractivity contribution in [2.45, 2.75) is 26.9 Å². The van der Waals surface area contributed by atoms with Crippen LogP contribution in [0.5, 0.6) is 0 Å². The van der Waals surface area contributed by atoms with Gasteiger partial charge in [0, 0.05) is 12.0 Å². The van der Waals surface area contributed by atoms with Crippen molar-refractivity contribution in [1.29, 1.82) is 0 Å². The molecule has 0 saturated heterocycles. The third kappa shape index (κ3) is 9.75. The summed E-state index contributed by atoms with van der Waals surface area (Å²) >= 11 is 0.806. The van der Waals surface area contributed by atoms with Gasteiger partial charge in [0.15, 0.2) is 6.61 Å². The van der Waals surface area contributed by atoms with Crippen molar-refractivity contribution in [3.05, 3.63) is 0 Å². The van der Waals surface area contributed by atoms with Gasteiger partial charge in [-0.25, -0.2) is 9.68 Å². The predicted molar refractivity (Wildman–Crippen MR) is 57.4 cm³/mol. The van der Waals surface area contributed by atoms with Crippen LogP contribution in [0.4, 0.5) is 0 Å². The highest BCUT2D eigenvalue weighted by Crippen LogP contribution is 2.05. The Morgan fingerprint density at radius 3 is 2.44 bits per heavy atom. The molecule has 0 aliphatic heterocycles. The van der Waals surface area contributed by atoms with Crippen LogP contribution in [0.15, 0.2) is 0 Å². The second-order valence-electron chi connectivity index (χ2n) is 2.94. The largest absolute Gasteiger partial charge is 0.463 e. The number of esters is 2. The molecule has 6 nitrogen and oxygen atoms in total. The van der Waals surface area contributed by atoms with E-state index in [4.69, 9.17) is 4.89 Å². The number of rotatable bonds is 8. The molecule has 0 fully saturated rings. The van der Waals surface area contributed by atoms with Crippen molar-refractivity contribution < 1.29 is 28.3 Å². The minimum atomic E-state index is -0.569. The topological polar surface area (TPSA) is 71.1 Å². The van der Waals surface area contributed by atoms with Crippen LogP contribution in [0.3, 0.4) is 0 Å². The number of hydrogen-bond donors (Lipinski definition) is 0. The van der Waals surface area contributed by atoms with Crippen LogP contribution in [-0.4, -0.2) is 37.0 Å². The highest BCUT2D eigenvalue weighted by molar-refractivity contribution is 7.95. The molecule has 0 amide bonds. The van der Waals surface area contributed by atoms with Gasteiger partial charge in [0.25, 0.3) is 0 Å². The second-order valence-corrected chi connectivity index (χ2v) is 3.60. The standard InChI is InChI=1S/C9H16O6S/c1-4-12-8(10)5-13-9(11)6-16-15-14-7(2)3/h7H,4-6H2,1-3H3. The zero-order valence-corrected chi connectivity index (χ0v) is 10.4. The van der Waals surface area contributed by atoms with E-state index in [0.717, 1.165) is 12.0 Å². The van der Waals surface area contributed by atoms with Crippen molar-refractivity contribution in [2.24, 2.45) is 0 Å². The molecule has 0 rings (SSSR count). The monoisotopic (exact) mass is 252 g/mol. The first-order chi connectivity index (χ1) is 7.56. The number of carbonyl (C=O) groups excluding carboxylic acids is 2. The molecule has 0 aromatic rings. The Morgan fingerprint density at radius 1 is 1.19 bits per heavy atom. The maximum atomic E-state index is 11.0. The Hall–Kier alpha value is -0.790. The molecule has 0 spiro atoms. The molecule has 0 atom stereocenters. The van der Waals surface area contributed by atoms with Crippen LogP contribution in [0.2, 0.25) is 0 Å². The molecule has 0 bridgehead atoms. The molecule has 0 unspecified atom stereocenters. The Kier molecular flexibility index (Phi) is 8.97. The predicted octanol–water partition coefficient (Wildman–Crippen LogP) is 1.10. The van der Waals surface area contributed by atoms with Gasteiger partial charge in [-0.1, -0.05) is 0 Å². The van der Waals surface area contributed by atoms with Crippen LogP contribution in [0.1, 0.15) is 20.8 Å². The third-order valence-corrected chi connectivity index (χ3v) is 1.64. The lowest BCUT2D eigenvalue weighted by molar-refractivity contribution is -0.220. The maximum Gasteiger partial charge on any atom is 0.344 e. The summed E-state index contributed by atoms with van der Waals surface area (Å²) in [5.41, 5.74) is 0. The molecular weight excluding hydrogens is 236 g/mol. The van der Waals surface area contributed by atoms with E-state index in [9.17, 15) is 9.59 Å². The zero-order valence-electron chi connectivity index (χ0n) is 9.56. The highest BCUT2D eigenvalue weighted by Gasteiger charge is 2.08. The lowest BCUT2D eigenvalue weighted by Gasteiger charge is -2.05. The van der Waals surface area contributed by atoms with E-state index < -0.39 is 11.9 Å². The second kappa shape index (κ2) is 9.44. The Bertz CT molecular complexity index is 218. The van der Waals surface area contributed by atoms with Crippen molar-refractivity contribution in [2.75, 3.05) is 19.0 Å². The molecule has 94 valence electrons. The van der Waals surface area contributed by atoms with E-state index in [0.29, 0.717) is 0 Å². The first kappa shape index (κ1) is 15.2. The molecule has 0 aromatic carbocycles. The summed E-state index contributed by atoms with van der Waals surface area (Å²) in [7, 11) is 0. The fourth-order valence-corrected chi connectivity index (χ4v) is 1.00. The minimum absolute atomic E-state index is 0.0495. The SMILES string of the molecule is CCOC(=O)COC(=O)CSOOC(C)C. The molecule has 0 aliphatic carbocycles. The number of ether oxygens (including phenoxy) is 2. The van der Waals surface area contributed by atoms with Gasteiger partial charge < -0.3 is 9.47 Å². The van der Waals surface area contributed by atoms with E-state index >= 15 is 0 Å². The minimum Gasteiger partial charge on any atom is -0.463 e. The Labute approximate surface area is 98.7 Å². The third-order valence-electron chi connectivity index (χ3n) is 1.11. The van der Waals surface area contributed by atoms with Crippen LogP contribution in [-0.2, 0) is 28.3 Å². The molecular formula is C9H16O6S. The van der Waals surface area contributed by atoms with Crippen LogP contribution >= 0.6 is 12.0 Å². The molecule has 0 saturated carbocycles. The average molecular weight is 252 g/mol. The summed E-state index contributed by atoms with van der Waals surface area (Å²) in [5, 5.41) is 0. The maximum absolute atomic E-state index is 11.0. The molecule has 0 heterocycles. The van der Waals surface area contributed by atoms with Gasteiger partial charge >= 0.3 is 11.9 Å². The lowest BCUT2D eigenvalue weighted by Crippen LogP contribution is -2.17. The van der Waals surface area contributed by atoms with E-state index in [1.54, 1.807) is 20.8 Å². The quantitative estimate of drug-likeness (QED) is 0.210. The average Bonchev–Trinajstić information content (AvgIpc) is 2.22. The van der Waals surface area contributed by atoms with E-state index in [1.165, 1.54) is 0 Å². The zero-order chi connectivity index (χ0) is 12.4. The molecule has 0 aliphatic rings. The van der Waals surface area contributed by atoms with Gasteiger partial charge in [-0.3, -0.25) is 4.79 Å². The number of hydrogen-bond acceptors (Lipinski definition) is 7. The highest BCUT2D eigenvalue weighted by atomic mass is 32.2. The fraction of sp³-hybridized carbons (Fsp3) is 0.778. The van der Waals surface area contributed by atoms with Crippen molar-refractivity contribution in [1.82, 2.24) is 0 Å². The van der Waals surface area contributed by atoms with Crippen LogP contribution in [0.25, 0.3) is 0 Å². The summed E-state index contributed by atoms with van der Waals surface area (Å²) in [5.74, 6) is -1.18. The molecule has 0 radical (unpaired) electrons. The summed E-state index contributed by atoms with van der Waals surface area (Å²) in [6.07, 6.45) is -0.0805. The van der Waals surface area contributed by atoms with Crippen LogP contribution < -0.4 is 0 Å². The fourth-order valence-electron chi connectivity index (χ4n) is 0.562. The summed E-state index contributed by atoms with van der Waals surface area (Å²) < 4.78 is 13.8. The molecule has 0 N–H and O–H groups in total. The van der Waals surface area contributed by atoms with E-state index in [-0.39, 0.29) is 25.1 Å². The van der Waals surface area contributed by atoms with Crippen molar-refractivity contribution in [3.63, 3.8) is 0 Å². The lowest BCUT2D eigenvalue weighted by atomic mass is 10.5. The van der Waals surface area contributed by atoms with E-state index in [1.807, 2.05) is 0 Å².